The zero-order valence-corrected chi connectivity index (χ0v) is 21.8. The molecule has 200 valence electrons. The van der Waals surface area contributed by atoms with Gasteiger partial charge in [-0.1, -0.05) is 42.3 Å². The number of amides is 1. The van der Waals surface area contributed by atoms with Crippen LogP contribution in [-0.4, -0.2) is 29.7 Å². The first-order valence-electron chi connectivity index (χ1n) is 12.7. The van der Waals surface area contributed by atoms with Crippen molar-refractivity contribution in [3.05, 3.63) is 82.4 Å². The standard InChI is InChI=1S/C29H32ClN3O5/c30-21-11-14-25(24(15-21)29(36)33-22-12-9-19(16-31)10-13-22)32-17-20-5-4-8-26(28(20)37-18-27(34)35)38-23-6-2-1-3-7-23/h4-5,8-15,23,32H,1-3,6-7,16-18,31H2,(H,33,36)(H,34,35). The number of hydrogen-bond donors (Lipinski definition) is 4. The molecule has 0 unspecified atom stereocenters. The molecule has 1 aliphatic carbocycles. The molecule has 9 heteroatoms. The summed E-state index contributed by atoms with van der Waals surface area (Å²) in [6, 6.07) is 17.8. The van der Waals surface area contributed by atoms with Crippen molar-refractivity contribution in [3.63, 3.8) is 0 Å². The minimum atomic E-state index is -1.08. The summed E-state index contributed by atoms with van der Waals surface area (Å²) < 4.78 is 11.9. The Morgan fingerprint density at radius 2 is 1.79 bits per heavy atom. The Kier molecular flexibility index (Phi) is 9.46. The van der Waals surface area contributed by atoms with Crippen LogP contribution in [0.4, 0.5) is 11.4 Å². The van der Waals surface area contributed by atoms with E-state index < -0.39 is 12.6 Å². The lowest BCUT2D eigenvalue weighted by Gasteiger charge is -2.25. The van der Waals surface area contributed by atoms with Crippen LogP contribution in [-0.2, 0) is 17.9 Å². The maximum atomic E-state index is 13.1. The zero-order valence-electron chi connectivity index (χ0n) is 21.0. The van der Waals surface area contributed by atoms with E-state index >= 15 is 0 Å². The van der Waals surface area contributed by atoms with Crippen LogP contribution in [0.5, 0.6) is 11.5 Å². The molecule has 4 rings (SSSR count). The largest absolute Gasteiger partial charge is 0.487 e. The average Bonchev–Trinajstić information content (AvgIpc) is 2.92. The lowest BCUT2D eigenvalue weighted by Crippen LogP contribution is -2.21. The number of hydrogen-bond acceptors (Lipinski definition) is 6. The Balaban J connectivity index is 1.53. The zero-order chi connectivity index (χ0) is 26.9. The highest BCUT2D eigenvalue weighted by Crippen LogP contribution is 2.35. The molecular weight excluding hydrogens is 506 g/mol. The molecule has 1 amide bonds. The normalized spacial score (nSPS) is 13.5. The maximum Gasteiger partial charge on any atom is 0.341 e. The molecule has 0 aromatic heterocycles. The molecular formula is C29H32ClN3O5. The van der Waals surface area contributed by atoms with Gasteiger partial charge < -0.3 is 30.9 Å². The Hall–Kier alpha value is -3.75. The molecule has 8 nitrogen and oxygen atoms in total. The number of para-hydroxylation sites is 1. The molecule has 1 saturated carbocycles. The van der Waals surface area contributed by atoms with Crippen LogP contribution in [0.15, 0.2) is 60.7 Å². The summed E-state index contributed by atoms with van der Waals surface area (Å²) in [6.45, 7) is 0.196. The predicted molar refractivity (Wildman–Crippen MR) is 148 cm³/mol. The molecule has 38 heavy (non-hydrogen) atoms. The molecule has 0 radical (unpaired) electrons. The van der Waals surface area contributed by atoms with E-state index in [1.54, 1.807) is 36.4 Å². The van der Waals surface area contributed by atoms with Gasteiger partial charge in [0.2, 0.25) is 0 Å². The number of carboxylic acids is 1. The van der Waals surface area contributed by atoms with Gasteiger partial charge in [-0.3, -0.25) is 4.79 Å². The topological polar surface area (TPSA) is 123 Å². The summed E-state index contributed by atoms with van der Waals surface area (Å²) in [7, 11) is 0. The first-order valence-corrected chi connectivity index (χ1v) is 13.1. The van der Waals surface area contributed by atoms with E-state index in [0.29, 0.717) is 45.6 Å². The third-order valence-corrected chi connectivity index (χ3v) is 6.62. The minimum absolute atomic E-state index is 0.0737. The lowest BCUT2D eigenvalue weighted by atomic mass is 9.98. The summed E-state index contributed by atoms with van der Waals surface area (Å²) in [5, 5.41) is 15.8. The van der Waals surface area contributed by atoms with Crippen molar-refractivity contribution in [3.8, 4) is 11.5 Å². The molecule has 3 aromatic rings. The monoisotopic (exact) mass is 537 g/mol. The number of benzene rings is 3. The summed E-state index contributed by atoms with van der Waals surface area (Å²) in [4.78, 5) is 24.4. The Labute approximate surface area is 227 Å². The van der Waals surface area contributed by atoms with Crippen LogP contribution < -0.4 is 25.8 Å². The number of aliphatic carboxylic acids is 1. The van der Waals surface area contributed by atoms with Crippen molar-refractivity contribution in [1.82, 2.24) is 0 Å². The maximum absolute atomic E-state index is 13.1. The highest BCUT2D eigenvalue weighted by molar-refractivity contribution is 6.31. The first kappa shape index (κ1) is 27.3. The first-order chi connectivity index (χ1) is 18.4. The quantitative estimate of drug-likeness (QED) is 0.242. The van der Waals surface area contributed by atoms with Gasteiger partial charge in [-0.15, -0.1) is 0 Å². The SMILES string of the molecule is NCc1ccc(NC(=O)c2cc(Cl)ccc2NCc2cccc(OC3CCCCC3)c2OCC(=O)O)cc1. The van der Waals surface area contributed by atoms with Crippen LogP contribution in [0, 0.1) is 0 Å². The van der Waals surface area contributed by atoms with Crippen LogP contribution in [0.25, 0.3) is 0 Å². The van der Waals surface area contributed by atoms with Crippen LogP contribution in [0.3, 0.4) is 0 Å². The van der Waals surface area contributed by atoms with Crippen LogP contribution >= 0.6 is 11.6 Å². The Morgan fingerprint density at radius 1 is 1.03 bits per heavy atom. The van der Waals surface area contributed by atoms with Crippen molar-refractivity contribution in [2.75, 3.05) is 17.2 Å². The number of nitrogens with two attached hydrogens (primary N) is 1. The Bertz CT molecular complexity index is 1260. The molecule has 0 bridgehead atoms. The van der Waals surface area contributed by atoms with Crippen molar-refractivity contribution in [2.24, 2.45) is 5.73 Å². The van der Waals surface area contributed by atoms with Crippen molar-refractivity contribution < 1.29 is 24.2 Å². The van der Waals surface area contributed by atoms with Crippen LogP contribution in [0.1, 0.15) is 53.6 Å². The third-order valence-electron chi connectivity index (χ3n) is 6.39. The van der Waals surface area contributed by atoms with Crippen LogP contribution in [0.2, 0.25) is 5.02 Å². The lowest BCUT2D eigenvalue weighted by molar-refractivity contribution is -0.139. The smallest absolute Gasteiger partial charge is 0.341 e. The molecule has 0 heterocycles. The third kappa shape index (κ3) is 7.40. The second-order valence-corrected chi connectivity index (χ2v) is 9.64. The molecule has 5 N–H and O–H groups in total. The van der Waals surface area contributed by atoms with Gasteiger partial charge in [-0.25, -0.2) is 4.79 Å². The predicted octanol–water partition coefficient (Wildman–Crippen LogP) is 5.84. The fourth-order valence-corrected chi connectivity index (χ4v) is 4.60. The van der Waals surface area contributed by atoms with E-state index in [1.807, 2.05) is 24.3 Å². The molecule has 3 aromatic carbocycles. The number of nitrogens with one attached hydrogen (secondary N) is 2. The minimum Gasteiger partial charge on any atom is -0.487 e. The average molecular weight is 538 g/mol. The number of ether oxygens (including phenoxy) is 2. The van der Waals surface area contributed by atoms with E-state index in [2.05, 4.69) is 10.6 Å². The highest BCUT2D eigenvalue weighted by Gasteiger charge is 2.20. The van der Waals surface area contributed by atoms with E-state index in [9.17, 15) is 14.7 Å². The summed E-state index contributed by atoms with van der Waals surface area (Å²) in [5.74, 6) is -0.500. The van der Waals surface area contributed by atoms with E-state index in [0.717, 1.165) is 31.2 Å². The van der Waals surface area contributed by atoms with Gasteiger partial charge in [0.05, 0.1) is 11.7 Å². The second-order valence-electron chi connectivity index (χ2n) is 9.20. The number of rotatable bonds is 11. The number of carbonyl (C=O) groups is 2. The molecule has 1 fully saturated rings. The summed E-state index contributed by atoms with van der Waals surface area (Å²) in [5.41, 5.74) is 8.88. The van der Waals surface area contributed by atoms with E-state index in [-0.39, 0.29) is 18.6 Å². The highest BCUT2D eigenvalue weighted by atomic mass is 35.5. The van der Waals surface area contributed by atoms with Gasteiger partial charge in [-0.2, -0.15) is 0 Å². The van der Waals surface area contributed by atoms with Gasteiger partial charge in [-0.05, 0) is 67.6 Å². The molecule has 0 aliphatic heterocycles. The molecule has 0 saturated heterocycles. The van der Waals surface area contributed by atoms with Crippen molar-refractivity contribution in [2.45, 2.75) is 51.3 Å². The number of halogens is 1. The number of anilines is 2. The van der Waals surface area contributed by atoms with Crippen molar-refractivity contribution in [1.29, 1.82) is 0 Å². The molecule has 0 atom stereocenters. The Morgan fingerprint density at radius 3 is 2.50 bits per heavy atom. The number of carboxylic acid groups (broad SMARTS) is 1. The fraction of sp³-hybridized carbons (Fsp3) is 0.310. The fourth-order valence-electron chi connectivity index (χ4n) is 4.43. The van der Waals surface area contributed by atoms with E-state index in [4.69, 9.17) is 26.8 Å². The van der Waals surface area contributed by atoms with Gasteiger partial charge in [0.15, 0.2) is 18.1 Å². The second kappa shape index (κ2) is 13.2. The van der Waals surface area contributed by atoms with E-state index in [1.165, 1.54) is 6.42 Å². The summed E-state index contributed by atoms with van der Waals surface area (Å²) in [6.07, 6.45) is 5.40. The molecule has 0 spiro atoms. The van der Waals surface area contributed by atoms with Gasteiger partial charge in [0.25, 0.3) is 5.91 Å². The van der Waals surface area contributed by atoms with Gasteiger partial charge in [0, 0.05) is 35.1 Å². The number of carbonyl (C=O) groups excluding carboxylic acids is 1. The summed E-state index contributed by atoms with van der Waals surface area (Å²) >= 11 is 6.22. The van der Waals surface area contributed by atoms with Crippen molar-refractivity contribution >= 4 is 34.9 Å². The van der Waals surface area contributed by atoms with Gasteiger partial charge >= 0.3 is 5.97 Å². The van der Waals surface area contributed by atoms with Gasteiger partial charge in [0.1, 0.15) is 0 Å². The molecule has 1 aliphatic rings.